The predicted molar refractivity (Wildman–Crippen MR) is 88.1 cm³/mol. The van der Waals surface area contributed by atoms with Crippen LogP contribution in [-0.2, 0) is 13.2 Å². The van der Waals surface area contributed by atoms with Crippen molar-refractivity contribution in [3.8, 4) is 0 Å². The van der Waals surface area contributed by atoms with Gasteiger partial charge in [0.2, 0.25) is 0 Å². The van der Waals surface area contributed by atoms with Gasteiger partial charge in [0.15, 0.2) is 0 Å². The van der Waals surface area contributed by atoms with Crippen molar-refractivity contribution < 1.29 is 5.11 Å². The molecule has 1 aromatic carbocycles. The molecule has 1 aliphatic rings. The Labute approximate surface area is 129 Å². The highest BCUT2D eigenvalue weighted by Gasteiger charge is 2.20. The summed E-state index contributed by atoms with van der Waals surface area (Å²) < 4.78 is 0. The lowest BCUT2D eigenvalue weighted by molar-refractivity contribution is 0.170. The average molecular weight is 290 g/mol. The van der Waals surface area contributed by atoms with E-state index in [2.05, 4.69) is 43.1 Å². The number of piperidine rings is 1. The summed E-state index contributed by atoms with van der Waals surface area (Å²) >= 11 is 0. The molecule has 3 heteroatoms. The van der Waals surface area contributed by atoms with Crippen LogP contribution in [-0.4, -0.2) is 35.2 Å². The van der Waals surface area contributed by atoms with Gasteiger partial charge < -0.3 is 10.4 Å². The Hall–Kier alpha value is -0.900. The molecule has 1 aromatic rings. The van der Waals surface area contributed by atoms with Gasteiger partial charge in [-0.05, 0) is 70.3 Å². The van der Waals surface area contributed by atoms with Gasteiger partial charge in [-0.2, -0.15) is 0 Å². The molecule has 1 heterocycles. The molecule has 1 saturated heterocycles. The van der Waals surface area contributed by atoms with E-state index in [9.17, 15) is 0 Å². The number of rotatable bonds is 5. The minimum absolute atomic E-state index is 0.131. The van der Waals surface area contributed by atoms with Crippen LogP contribution in [0.15, 0.2) is 24.3 Å². The molecule has 118 valence electrons. The number of nitrogens with one attached hydrogen (secondary N) is 1. The summed E-state index contributed by atoms with van der Waals surface area (Å²) in [4.78, 5) is 2.54. The van der Waals surface area contributed by atoms with Crippen molar-refractivity contribution in [2.75, 3.05) is 19.6 Å². The van der Waals surface area contributed by atoms with Gasteiger partial charge in [-0.15, -0.1) is 0 Å². The third-order valence-electron chi connectivity index (χ3n) is 4.24. The lowest BCUT2D eigenvalue weighted by Gasteiger charge is -2.33. The molecule has 0 unspecified atom stereocenters. The van der Waals surface area contributed by atoms with Gasteiger partial charge in [-0.1, -0.05) is 24.3 Å². The van der Waals surface area contributed by atoms with Crippen molar-refractivity contribution in [1.29, 1.82) is 0 Å². The normalized spacial score (nSPS) is 18.1. The van der Waals surface area contributed by atoms with Crippen LogP contribution in [0.1, 0.15) is 44.7 Å². The van der Waals surface area contributed by atoms with Gasteiger partial charge in [0, 0.05) is 12.1 Å². The topological polar surface area (TPSA) is 35.5 Å². The van der Waals surface area contributed by atoms with Crippen LogP contribution in [0.3, 0.4) is 0 Å². The number of aliphatic hydroxyl groups excluding tert-OH is 1. The Morgan fingerprint density at radius 1 is 1.10 bits per heavy atom. The fourth-order valence-electron chi connectivity index (χ4n) is 2.81. The van der Waals surface area contributed by atoms with Gasteiger partial charge in [0.25, 0.3) is 0 Å². The molecule has 1 fully saturated rings. The first-order valence-electron chi connectivity index (χ1n) is 8.12. The van der Waals surface area contributed by atoms with Crippen molar-refractivity contribution in [1.82, 2.24) is 10.2 Å². The Balaban J connectivity index is 1.73. The third-order valence-corrected chi connectivity index (χ3v) is 4.24. The molecule has 21 heavy (non-hydrogen) atoms. The molecule has 0 atom stereocenters. The molecule has 2 N–H and O–H groups in total. The molecule has 0 spiro atoms. The van der Waals surface area contributed by atoms with Gasteiger partial charge in [0.1, 0.15) is 0 Å². The number of nitrogens with zero attached hydrogens (tertiary/aromatic N) is 1. The molecule has 3 nitrogen and oxygen atoms in total. The smallest absolute Gasteiger partial charge is 0.0681 e. The average Bonchev–Trinajstić information content (AvgIpc) is 2.46. The Morgan fingerprint density at radius 2 is 1.67 bits per heavy atom. The highest BCUT2D eigenvalue weighted by atomic mass is 16.3. The fraction of sp³-hybridized carbons (Fsp3) is 0.667. The zero-order chi connectivity index (χ0) is 15.3. The summed E-state index contributed by atoms with van der Waals surface area (Å²) in [5.41, 5.74) is 2.56. The number of hydrogen-bond acceptors (Lipinski definition) is 3. The number of aliphatic hydroxyl groups is 1. The number of hydrogen-bond donors (Lipinski definition) is 2. The van der Waals surface area contributed by atoms with Gasteiger partial charge >= 0.3 is 0 Å². The Morgan fingerprint density at radius 3 is 2.19 bits per heavy atom. The van der Waals surface area contributed by atoms with E-state index in [-0.39, 0.29) is 12.1 Å². The maximum atomic E-state index is 9.07. The summed E-state index contributed by atoms with van der Waals surface area (Å²) in [5.74, 6) is 0.817. The molecule has 0 aromatic heterocycles. The minimum Gasteiger partial charge on any atom is -0.392 e. The van der Waals surface area contributed by atoms with E-state index < -0.39 is 0 Å². The second-order valence-electron chi connectivity index (χ2n) is 7.33. The molecular weight excluding hydrogens is 260 g/mol. The summed E-state index contributed by atoms with van der Waals surface area (Å²) in [5, 5.41) is 12.7. The first-order valence-corrected chi connectivity index (χ1v) is 8.12. The highest BCUT2D eigenvalue weighted by Crippen LogP contribution is 2.19. The molecular formula is C18H30N2O. The van der Waals surface area contributed by atoms with Crippen molar-refractivity contribution >= 4 is 0 Å². The van der Waals surface area contributed by atoms with Crippen LogP contribution in [0.5, 0.6) is 0 Å². The van der Waals surface area contributed by atoms with Gasteiger partial charge in [-0.3, -0.25) is 4.90 Å². The summed E-state index contributed by atoms with van der Waals surface area (Å²) in [6.45, 7) is 11.4. The fourth-order valence-corrected chi connectivity index (χ4v) is 2.81. The predicted octanol–water partition coefficient (Wildman–Crippen LogP) is 2.78. The first kappa shape index (κ1) is 16.5. The molecule has 0 radical (unpaired) electrons. The SMILES string of the molecule is CC(C)(C)NCC1CCN(Cc2ccc(CO)cc2)CC1. The zero-order valence-electron chi connectivity index (χ0n) is 13.7. The monoisotopic (exact) mass is 290 g/mol. The molecule has 0 bridgehead atoms. The van der Waals surface area contributed by atoms with Crippen molar-refractivity contribution in [3.05, 3.63) is 35.4 Å². The van der Waals surface area contributed by atoms with E-state index in [0.717, 1.165) is 24.6 Å². The molecule has 2 rings (SSSR count). The van der Waals surface area contributed by atoms with E-state index >= 15 is 0 Å². The summed E-state index contributed by atoms with van der Waals surface area (Å²) in [6.07, 6.45) is 2.58. The van der Waals surface area contributed by atoms with E-state index in [1.807, 2.05) is 12.1 Å². The van der Waals surface area contributed by atoms with Crippen molar-refractivity contribution in [2.45, 2.75) is 52.3 Å². The molecule has 0 aliphatic carbocycles. The maximum Gasteiger partial charge on any atom is 0.0681 e. The standard InChI is InChI=1S/C18H30N2O/c1-18(2,3)19-12-15-8-10-20(11-9-15)13-16-4-6-17(14-21)7-5-16/h4-7,15,19,21H,8-14H2,1-3H3. The number of benzene rings is 1. The summed E-state index contributed by atoms with van der Waals surface area (Å²) in [6, 6.07) is 8.32. The number of likely N-dealkylation sites (tertiary alicyclic amines) is 1. The molecule has 0 saturated carbocycles. The van der Waals surface area contributed by atoms with Crippen LogP contribution in [0.4, 0.5) is 0 Å². The van der Waals surface area contributed by atoms with Crippen LogP contribution in [0.2, 0.25) is 0 Å². The zero-order valence-corrected chi connectivity index (χ0v) is 13.7. The lowest BCUT2D eigenvalue weighted by Crippen LogP contribution is -2.42. The van der Waals surface area contributed by atoms with Gasteiger partial charge in [0.05, 0.1) is 6.61 Å². The third kappa shape index (κ3) is 5.77. The van der Waals surface area contributed by atoms with Gasteiger partial charge in [-0.25, -0.2) is 0 Å². The Bertz CT molecular complexity index is 414. The van der Waals surface area contributed by atoms with Crippen LogP contribution >= 0.6 is 0 Å². The van der Waals surface area contributed by atoms with Crippen molar-refractivity contribution in [2.24, 2.45) is 5.92 Å². The van der Waals surface area contributed by atoms with Crippen LogP contribution in [0.25, 0.3) is 0 Å². The quantitative estimate of drug-likeness (QED) is 0.875. The first-order chi connectivity index (χ1) is 9.96. The minimum atomic E-state index is 0.131. The largest absolute Gasteiger partial charge is 0.392 e. The van der Waals surface area contributed by atoms with E-state index in [0.29, 0.717) is 0 Å². The van der Waals surface area contributed by atoms with Crippen LogP contribution in [0, 0.1) is 5.92 Å². The second kappa shape index (κ2) is 7.39. The highest BCUT2D eigenvalue weighted by molar-refractivity contribution is 5.21. The maximum absolute atomic E-state index is 9.07. The Kier molecular flexibility index (Phi) is 5.80. The lowest BCUT2D eigenvalue weighted by atomic mass is 9.95. The second-order valence-corrected chi connectivity index (χ2v) is 7.33. The summed E-state index contributed by atoms with van der Waals surface area (Å²) in [7, 11) is 0. The van der Waals surface area contributed by atoms with E-state index in [4.69, 9.17) is 5.11 Å². The van der Waals surface area contributed by atoms with Crippen molar-refractivity contribution in [3.63, 3.8) is 0 Å². The van der Waals surface area contributed by atoms with Crippen LogP contribution < -0.4 is 5.32 Å². The van der Waals surface area contributed by atoms with E-state index in [1.165, 1.54) is 31.5 Å². The molecule has 1 aliphatic heterocycles. The molecule has 0 amide bonds. The van der Waals surface area contributed by atoms with E-state index in [1.54, 1.807) is 0 Å².